The van der Waals surface area contributed by atoms with Crippen LogP contribution in [0.4, 0.5) is 0 Å². The fourth-order valence-electron chi connectivity index (χ4n) is 3.98. The molecule has 1 atom stereocenters. The molecule has 4 rings (SSSR count). The second kappa shape index (κ2) is 7.54. The molecule has 2 aromatic rings. The molecule has 3 heterocycles. The van der Waals surface area contributed by atoms with E-state index in [1.165, 1.54) is 5.56 Å². The lowest BCUT2D eigenvalue weighted by molar-refractivity contribution is -0.126. The van der Waals surface area contributed by atoms with Crippen LogP contribution < -0.4 is 10.9 Å². The molecule has 146 valence electrons. The summed E-state index contributed by atoms with van der Waals surface area (Å²) >= 11 is 0. The van der Waals surface area contributed by atoms with Crippen LogP contribution in [0.1, 0.15) is 35.7 Å². The Hall–Kier alpha value is -3.02. The number of aryl methyl sites for hydroxylation is 2. The number of benzene rings is 1. The molecule has 0 aliphatic carbocycles. The van der Waals surface area contributed by atoms with Crippen molar-refractivity contribution in [2.45, 2.75) is 32.5 Å². The number of hydrogen-bond donors (Lipinski definition) is 1. The highest BCUT2D eigenvalue weighted by molar-refractivity contribution is 5.93. The van der Waals surface area contributed by atoms with E-state index in [4.69, 9.17) is 0 Å². The zero-order chi connectivity index (χ0) is 19.7. The van der Waals surface area contributed by atoms with Gasteiger partial charge in [-0.3, -0.25) is 9.59 Å². The summed E-state index contributed by atoms with van der Waals surface area (Å²) in [5.41, 5.74) is 3.45. The summed E-state index contributed by atoms with van der Waals surface area (Å²) in [7, 11) is 1.76. The van der Waals surface area contributed by atoms with Crippen molar-refractivity contribution in [2.24, 2.45) is 7.05 Å². The minimum atomic E-state index is -0.188. The lowest BCUT2D eigenvalue weighted by Crippen LogP contribution is -2.35. The zero-order valence-electron chi connectivity index (χ0n) is 16.4. The SMILES string of the molecule is Cc1cc(C2NC(C(=O)N3CCCC3)=CN2Cc2ccccc2)cn(C)c1=O. The summed E-state index contributed by atoms with van der Waals surface area (Å²) in [6.45, 7) is 4.14. The van der Waals surface area contributed by atoms with Gasteiger partial charge in [-0.25, -0.2) is 0 Å². The van der Waals surface area contributed by atoms with Crippen molar-refractivity contribution in [1.82, 2.24) is 19.7 Å². The molecule has 1 N–H and O–H groups in total. The quantitative estimate of drug-likeness (QED) is 0.887. The Morgan fingerprint density at radius 1 is 1.18 bits per heavy atom. The van der Waals surface area contributed by atoms with Gasteiger partial charge < -0.3 is 19.7 Å². The summed E-state index contributed by atoms with van der Waals surface area (Å²) in [5.74, 6) is 0.0552. The maximum absolute atomic E-state index is 12.9. The van der Waals surface area contributed by atoms with Crippen LogP contribution in [-0.2, 0) is 18.4 Å². The number of carbonyl (C=O) groups is 1. The number of aromatic nitrogens is 1. The third-order valence-electron chi connectivity index (χ3n) is 5.45. The maximum Gasteiger partial charge on any atom is 0.271 e. The Bertz CT molecular complexity index is 932. The highest BCUT2D eigenvalue weighted by Gasteiger charge is 2.32. The van der Waals surface area contributed by atoms with Gasteiger partial charge in [-0.1, -0.05) is 30.3 Å². The highest BCUT2D eigenvalue weighted by Crippen LogP contribution is 2.28. The lowest BCUT2D eigenvalue weighted by Gasteiger charge is -2.27. The number of likely N-dealkylation sites (tertiary alicyclic amines) is 1. The van der Waals surface area contributed by atoms with Gasteiger partial charge in [0, 0.05) is 50.2 Å². The molecule has 0 saturated carbocycles. The first kappa shape index (κ1) is 18.3. The van der Waals surface area contributed by atoms with Crippen molar-refractivity contribution in [2.75, 3.05) is 13.1 Å². The first-order chi connectivity index (χ1) is 13.5. The molecule has 2 aliphatic rings. The molecule has 1 unspecified atom stereocenters. The number of nitrogens with one attached hydrogen (secondary N) is 1. The number of rotatable bonds is 4. The van der Waals surface area contributed by atoms with Crippen LogP contribution in [-0.4, -0.2) is 33.4 Å². The highest BCUT2D eigenvalue weighted by atomic mass is 16.2. The van der Waals surface area contributed by atoms with Gasteiger partial charge in [0.05, 0.1) is 0 Å². The van der Waals surface area contributed by atoms with Gasteiger partial charge >= 0.3 is 0 Å². The van der Waals surface area contributed by atoms with E-state index in [1.54, 1.807) is 11.6 Å². The molecule has 1 aromatic heterocycles. The summed E-state index contributed by atoms with van der Waals surface area (Å²) in [4.78, 5) is 29.1. The van der Waals surface area contributed by atoms with Crippen LogP contribution in [0.3, 0.4) is 0 Å². The first-order valence-electron chi connectivity index (χ1n) is 9.77. The van der Waals surface area contributed by atoms with Crippen molar-refractivity contribution in [3.8, 4) is 0 Å². The molecular formula is C22H26N4O2. The third kappa shape index (κ3) is 3.54. The molecule has 0 bridgehead atoms. The van der Waals surface area contributed by atoms with Crippen LogP contribution in [0.2, 0.25) is 0 Å². The van der Waals surface area contributed by atoms with Gasteiger partial charge in [0.15, 0.2) is 0 Å². The molecule has 1 amide bonds. The van der Waals surface area contributed by atoms with Crippen LogP contribution >= 0.6 is 0 Å². The summed E-state index contributed by atoms with van der Waals surface area (Å²) in [5, 5.41) is 3.41. The molecule has 0 spiro atoms. The van der Waals surface area contributed by atoms with E-state index in [9.17, 15) is 9.59 Å². The maximum atomic E-state index is 12.9. The molecule has 2 aliphatic heterocycles. The second-order valence-corrected chi connectivity index (χ2v) is 7.62. The monoisotopic (exact) mass is 378 g/mol. The molecule has 28 heavy (non-hydrogen) atoms. The Labute approximate surface area is 165 Å². The minimum Gasteiger partial charge on any atom is -0.356 e. The minimum absolute atomic E-state index is 0.00215. The number of carbonyl (C=O) groups excluding carboxylic acids is 1. The molecule has 1 aromatic carbocycles. The average molecular weight is 378 g/mol. The smallest absolute Gasteiger partial charge is 0.271 e. The summed E-state index contributed by atoms with van der Waals surface area (Å²) in [6, 6.07) is 12.1. The van der Waals surface area contributed by atoms with Crippen LogP contribution in [0, 0.1) is 6.92 Å². The Kier molecular flexibility index (Phi) is 4.94. The number of amides is 1. The first-order valence-corrected chi connectivity index (χ1v) is 9.77. The van der Waals surface area contributed by atoms with E-state index in [0.717, 1.165) is 31.5 Å². The molecular weight excluding hydrogens is 352 g/mol. The molecule has 0 radical (unpaired) electrons. The molecule has 6 heteroatoms. The summed E-state index contributed by atoms with van der Waals surface area (Å²) in [6.07, 6.45) is 5.72. The van der Waals surface area contributed by atoms with Crippen molar-refractivity contribution in [1.29, 1.82) is 0 Å². The van der Waals surface area contributed by atoms with E-state index in [-0.39, 0.29) is 17.6 Å². The van der Waals surface area contributed by atoms with Crippen molar-refractivity contribution in [3.63, 3.8) is 0 Å². The van der Waals surface area contributed by atoms with Gasteiger partial charge in [-0.15, -0.1) is 0 Å². The number of hydrogen-bond acceptors (Lipinski definition) is 4. The van der Waals surface area contributed by atoms with E-state index in [1.807, 2.05) is 48.5 Å². The third-order valence-corrected chi connectivity index (χ3v) is 5.45. The van der Waals surface area contributed by atoms with E-state index >= 15 is 0 Å². The Balaban J connectivity index is 1.65. The largest absolute Gasteiger partial charge is 0.356 e. The summed E-state index contributed by atoms with van der Waals surface area (Å²) < 4.78 is 1.60. The van der Waals surface area contributed by atoms with Crippen LogP contribution in [0.5, 0.6) is 0 Å². The Morgan fingerprint density at radius 2 is 1.89 bits per heavy atom. The fraction of sp³-hybridized carbons (Fsp3) is 0.364. The number of nitrogens with zero attached hydrogens (tertiary/aromatic N) is 3. The van der Waals surface area contributed by atoms with Crippen LogP contribution in [0.25, 0.3) is 0 Å². The van der Waals surface area contributed by atoms with Gasteiger partial charge in [0.1, 0.15) is 11.9 Å². The molecule has 6 nitrogen and oxygen atoms in total. The standard InChI is InChI=1S/C22H26N4O2/c1-16-12-18(14-24(2)21(16)27)20-23-19(22(28)25-10-6-7-11-25)15-26(20)13-17-8-4-3-5-9-17/h3-5,8-9,12,14-15,20,23H,6-7,10-11,13H2,1-2H3. The van der Waals surface area contributed by atoms with E-state index in [0.29, 0.717) is 17.8 Å². The predicted molar refractivity (Wildman–Crippen MR) is 108 cm³/mol. The average Bonchev–Trinajstić information content (AvgIpc) is 3.36. The predicted octanol–water partition coefficient (Wildman–Crippen LogP) is 2.26. The normalized spacial score (nSPS) is 18.9. The lowest BCUT2D eigenvalue weighted by atomic mass is 10.1. The fourth-order valence-corrected chi connectivity index (χ4v) is 3.98. The van der Waals surface area contributed by atoms with Gasteiger partial charge in [-0.05, 0) is 31.4 Å². The van der Waals surface area contributed by atoms with Crippen LogP contribution in [0.15, 0.2) is 59.3 Å². The number of pyridine rings is 1. The molecule has 1 saturated heterocycles. The Morgan fingerprint density at radius 3 is 2.57 bits per heavy atom. The molecule has 1 fully saturated rings. The van der Waals surface area contributed by atoms with Crippen molar-refractivity contribution in [3.05, 3.63) is 81.5 Å². The van der Waals surface area contributed by atoms with E-state index in [2.05, 4.69) is 22.3 Å². The van der Waals surface area contributed by atoms with Crippen molar-refractivity contribution < 1.29 is 4.79 Å². The van der Waals surface area contributed by atoms with E-state index < -0.39 is 0 Å². The van der Waals surface area contributed by atoms with Gasteiger partial charge in [-0.2, -0.15) is 0 Å². The van der Waals surface area contributed by atoms with Gasteiger partial charge in [0.2, 0.25) is 0 Å². The zero-order valence-corrected chi connectivity index (χ0v) is 16.4. The second-order valence-electron chi connectivity index (χ2n) is 7.62. The van der Waals surface area contributed by atoms with Gasteiger partial charge in [0.25, 0.3) is 11.5 Å². The van der Waals surface area contributed by atoms with Crippen molar-refractivity contribution >= 4 is 5.91 Å². The topological polar surface area (TPSA) is 57.6 Å².